The summed E-state index contributed by atoms with van der Waals surface area (Å²) in [5, 5.41) is 18.4. The molecule has 76 valence electrons. The van der Waals surface area contributed by atoms with Crippen LogP contribution in [0.5, 0.6) is 5.75 Å². The van der Waals surface area contributed by atoms with Crippen molar-refractivity contribution in [2.45, 2.75) is 0 Å². The number of rotatable bonds is 2. The lowest BCUT2D eigenvalue weighted by Crippen LogP contribution is -2.04. The van der Waals surface area contributed by atoms with E-state index in [1.807, 2.05) is 0 Å². The summed E-state index contributed by atoms with van der Waals surface area (Å²) in [5.41, 5.74) is 0.260. The van der Waals surface area contributed by atoms with Gasteiger partial charge in [-0.05, 0) is 12.1 Å². The van der Waals surface area contributed by atoms with Crippen molar-refractivity contribution >= 4 is 5.97 Å². The van der Waals surface area contributed by atoms with E-state index in [9.17, 15) is 9.90 Å². The van der Waals surface area contributed by atoms with Crippen molar-refractivity contribution in [3.8, 4) is 11.4 Å². The number of aromatic carboxylic acids is 1. The molecule has 5 heteroatoms. The highest BCUT2D eigenvalue weighted by Crippen LogP contribution is 2.23. The average molecular weight is 204 g/mol. The zero-order valence-corrected chi connectivity index (χ0v) is 7.66. The number of hydrogen-bond acceptors (Lipinski definition) is 3. The molecule has 0 aliphatic heterocycles. The fraction of sp³-hybridized carbons (Fsp3) is 0. The van der Waals surface area contributed by atoms with E-state index in [4.69, 9.17) is 5.11 Å². The molecule has 0 atom stereocenters. The number of imidazole rings is 1. The predicted octanol–water partition coefficient (Wildman–Crippen LogP) is 1.28. The Labute approximate surface area is 85.2 Å². The highest BCUT2D eigenvalue weighted by Gasteiger charge is 2.15. The molecule has 1 aromatic heterocycles. The molecule has 0 amide bonds. The molecule has 0 spiro atoms. The molecule has 0 unspecified atom stereocenters. The Morgan fingerprint density at radius 3 is 2.80 bits per heavy atom. The van der Waals surface area contributed by atoms with Gasteiger partial charge in [0.2, 0.25) is 0 Å². The van der Waals surface area contributed by atoms with E-state index in [0.717, 1.165) is 0 Å². The van der Waals surface area contributed by atoms with Gasteiger partial charge >= 0.3 is 5.97 Å². The first kappa shape index (κ1) is 9.26. The maximum absolute atomic E-state index is 10.9. The van der Waals surface area contributed by atoms with E-state index >= 15 is 0 Å². The van der Waals surface area contributed by atoms with Crippen LogP contribution in [-0.4, -0.2) is 25.7 Å². The number of carbonyl (C=O) groups is 1. The molecule has 0 fully saturated rings. The Morgan fingerprint density at radius 1 is 1.40 bits per heavy atom. The van der Waals surface area contributed by atoms with E-state index in [-0.39, 0.29) is 11.3 Å². The molecule has 0 aliphatic carbocycles. The lowest BCUT2D eigenvalue weighted by atomic mass is 10.1. The van der Waals surface area contributed by atoms with Crippen LogP contribution in [0, 0.1) is 0 Å². The van der Waals surface area contributed by atoms with Gasteiger partial charge in [0.05, 0.1) is 12.0 Å². The summed E-state index contributed by atoms with van der Waals surface area (Å²) in [6, 6.07) is 4.52. The minimum Gasteiger partial charge on any atom is -0.507 e. The van der Waals surface area contributed by atoms with Crippen molar-refractivity contribution in [3.05, 3.63) is 42.5 Å². The highest BCUT2D eigenvalue weighted by molar-refractivity contribution is 5.95. The molecule has 1 aromatic carbocycles. The summed E-state index contributed by atoms with van der Waals surface area (Å²) in [6.45, 7) is 0. The fourth-order valence-corrected chi connectivity index (χ4v) is 1.36. The number of aromatic hydroxyl groups is 1. The Kier molecular flexibility index (Phi) is 2.13. The molecule has 2 rings (SSSR count). The topological polar surface area (TPSA) is 75.3 Å². The van der Waals surface area contributed by atoms with Gasteiger partial charge in [-0.1, -0.05) is 6.07 Å². The summed E-state index contributed by atoms with van der Waals surface area (Å²) in [6.07, 6.45) is 4.62. The first-order chi connectivity index (χ1) is 7.20. The Balaban J connectivity index is 2.66. The largest absolute Gasteiger partial charge is 0.507 e. The first-order valence-electron chi connectivity index (χ1n) is 4.24. The van der Waals surface area contributed by atoms with Crippen LogP contribution in [0.3, 0.4) is 0 Å². The number of nitrogens with zero attached hydrogens (tertiary/aromatic N) is 2. The van der Waals surface area contributed by atoms with E-state index < -0.39 is 5.97 Å². The fourth-order valence-electron chi connectivity index (χ4n) is 1.36. The molecule has 2 aromatic rings. The average Bonchev–Trinajstić information content (AvgIpc) is 2.69. The molecule has 0 radical (unpaired) electrons. The minimum absolute atomic E-state index is 0.129. The van der Waals surface area contributed by atoms with E-state index in [1.165, 1.54) is 23.2 Å². The molecule has 0 saturated heterocycles. The third-order valence-corrected chi connectivity index (χ3v) is 2.02. The second kappa shape index (κ2) is 3.45. The second-order valence-electron chi connectivity index (χ2n) is 2.95. The van der Waals surface area contributed by atoms with Gasteiger partial charge in [-0.25, -0.2) is 9.78 Å². The van der Waals surface area contributed by atoms with Gasteiger partial charge in [0.25, 0.3) is 0 Å². The summed E-state index contributed by atoms with van der Waals surface area (Å²) in [7, 11) is 0. The molecule has 15 heavy (non-hydrogen) atoms. The standard InChI is InChI=1S/C10H8N2O3/c13-8-3-1-2-7(9(8)10(14)15)12-5-4-11-6-12/h1-6,13H,(H,14,15). The molecular weight excluding hydrogens is 196 g/mol. The molecule has 0 bridgehead atoms. The van der Waals surface area contributed by atoms with Gasteiger partial charge in [-0.3, -0.25) is 0 Å². The normalized spacial score (nSPS) is 10.1. The van der Waals surface area contributed by atoms with Gasteiger partial charge in [0, 0.05) is 12.4 Å². The number of phenols is 1. The monoisotopic (exact) mass is 204 g/mol. The predicted molar refractivity (Wildman–Crippen MR) is 52.2 cm³/mol. The van der Waals surface area contributed by atoms with Gasteiger partial charge in [-0.2, -0.15) is 0 Å². The smallest absolute Gasteiger partial charge is 0.341 e. The summed E-state index contributed by atoms with van der Waals surface area (Å²) < 4.78 is 1.53. The third-order valence-electron chi connectivity index (χ3n) is 2.02. The number of hydrogen-bond donors (Lipinski definition) is 2. The third kappa shape index (κ3) is 1.54. The lowest BCUT2D eigenvalue weighted by molar-refractivity contribution is 0.0694. The first-order valence-corrected chi connectivity index (χ1v) is 4.24. The van der Waals surface area contributed by atoms with Crippen LogP contribution < -0.4 is 0 Å². The molecular formula is C10H8N2O3. The van der Waals surface area contributed by atoms with Crippen molar-refractivity contribution in [1.29, 1.82) is 0 Å². The van der Waals surface area contributed by atoms with Crippen molar-refractivity contribution < 1.29 is 15.0 Å². The number of benzene rings is 1. The van der Waals surface area contributed by atoms with Crippen LogP contribution in [0.4, 0.5) is 0 Å². The molecule has 0 saturated carbocycles. The minimum atomic E-state index is -1.17. The highest BCUT2D eigenvalue weighted by atomic mass is 16.4. The van der Waals surface area contributed by atoms with Crippen LogP contribution in [0.15, 0.2) is 36.9 Å². The van der Waals surface area contributed by atoms with E-state index in [2.05, 4.69) is 4.98 Å². The van der Waals surface area contributed by atoms with Crippen LogP contribution in [0.25, 0.3) is 5.69 Å². The van der Waals surface area contributed by atoms with E-state index in [0.29, 0.717) is 5.69 Å². The maximum atomic E-state index is 10.9. The van der Waals surface area contributed by atoms with Crippen molar-refractivity contribution in [3.63, 3.8) is 0 Å². The van der Waals surface area contributed by atoms with E-state index in [1.54, 1.807) is 18.3 Å². The van der Waals surface area contributed by atoms with Crippen LogP contribution >= 0.6 is 0 Å². The zero-order chi connectivity index (χ0) is 10.8. The lowest BCUT2D eigenvalue weighted by Gasteiger charge is -2.07. The Morgan fingerprint density at radius 2 is 2.20 bits per heavy atom. The van der Waals surface area contributed by atoms with Gasteiger partial charge in [0.15, 0.2) is 0 Å². The van der Waals surface area contributed by atoms with Crippen LogP contribution in [0.1, 0.15) is 10.4 Å². The Bertz CT molecular complexity index is 491. The SMILES string of the molecule is O=C(O)c1c(O)cccc1-n1ccnc1. The maximum Gasteiger partial charge on any atom is 0.341 e. The summed E-state index contributed by atoms with van der Waals surface area (Å²) in [4.78, 5) is 14.8. The van der Waals surface area contributed by atoms with Crippen molar-refractivity contribution in [1.82, 2.24) is 9.55 Å². The summed E-state index contributed by atoms with van der Waals surface area (Å²) in [5.74, 6) is -1.43. The van der Waals surface area contributed by atoms with Crippen LogP contribution in [-0.2, 0) is 0 Å². The van der Waals surface area contributed by atoms with Gasteiger partial charge < -0.3 is 14.8 Å². The van der Waals surface area contributed by atoms with Crippen LogP contribution in [0.2, 0.25) is 0 Å². The summed E-state index contributed by atoms with van der Waals surface area (Å²) >= 11 is 0. The van der Waals surface area contributed by atoms with Crippen molar-refractivity contribution in [2.75, 3.05) is 0 Å². The molecule has 1 heterocycles. The van der Waals surface area contributed by atoms with Crippen molar-refractivity contribution in [2.24, 2.45) is 0 Å². The number of carboxylic acids is 1. The molecule has 0 aliphatic rings. The second-order valence-corrected chi connectivity index (χ2v) is 2.95. The number of aromatic nitrogens is 2. The number of carboxylic acid groups (broad SMARTS) is 1. The van der Waals surface area contributed by atoms with Gasteiger partial charge in [0.1, 0.15) is 11.3 Å². The van der Waals surface area contributed by atoms with Gasteiger partial charge in [-0.15, -0.1) is 0 Å². The molecule has 5 nitrogen and oxygen atoms in total. The molecule has 2 N–H and O–H groups in total. The zero-order valence-electron chi connectivity index (χ0n) is 7.66. The quantitative estimate of drug-likeness (QED) is 0.772. The Hall–Kier alpha value is -2.30.